The molecule has 8 nitrogen and oxygen atoms in total. The van der Waals surface area contributed by atoms with Crippen LogP contribution in [0.4, 0.5) is 0 Å². The number of amides is 3. The van der Waals surface area contributed by atoms with Crippen molar-refractivity contribution in [1.29, 1.82) is 0 Å². The van der Waals surface area contributed by atoms with Gasteiger partial charge in [0.1, 0.15) is 0 Å². The van der Waals surface area contributed by atoms with Crippen molar-refractivity contribution in [3.8, 4) is 0 Å². The molecule has 41 heavy (non-hydrogen) atoms. The van der Waals surface area contributed by atoms with E-state index in [0.717, 1.165) is 17.4 Å². The molecule has 0 aliphatic heterocycles. The van der Waals surface area contributed by atoms with E-state index in [1.807, 2.05) is 45.9 Å². The van der Waals surface area contributed by atoms with E-state index in [1.54, 1.807) is 36.4 Å². The molecule has 2 rings (SSSR count). The average molecular weight is 566 g/mol. The predicted octanol–water partition coefficient (Wildman–Crippen LogP) is 4.20. The zero-order chi connectivity index (χ0) is 30.7. The first-order chi connectivity index (χ1) is 19.2. The molecule has 0 fully saturated rings. The monoisotopic (exact) mass is 565 g/mol. The Balaban J connectivity index is 1.78. The molecule has 1 unspecified atom stereocenters. The minimum absolute atomic E-state index is 0.0356. The first-order valence-electron chi connectivity index (χ1n) is 14.5. The standard InChI is InChI=1S/C33H48N4O4/c1-8-33(4,24-32(2,3)30(40)35-22-13-23-37(5,6)7)31(41)36-21-12-20-34-29(39)27-18-16-26(17-19-27)28(38)25-14-10-9-11-15-25/h9-11,14-19H,8,12-13,20-24H2,1-7H3,(H2-,34,35,36,39,40,41)/p+1. The molecule has 1 atom stereocenters. The second kappa shape index (κ2) is 14.9. The number of rotatable bonds is 16. The van der Waals surface area contributed by atoms with Crippen molar-refractivity contribution in [3.63, 3.8) is 0 Å². The van der Waals surface area contributed by atoms with Crippen LogP contribution in [0.3, 0.4) is 0 Å². The van der Waals surface area contributed by atoms with Gasteiger partial charge in [0.2, 0.25) is 11.8 Å². The summed E-state index contributed by atoms with van der Waals surface area (Å²) in [7, 11) is 6.38. The first-order valence-corrected chi connectivity index (χ1v) is 14.5. The molecule has 224 valence electrons. The number of nitrogens with one attached hydrogen (secondary N) is 3. The Morgan fingerprint density at radius 2 is 1.20 bits per heavy atom. The van der Waals surface area contributed by atoms with Crippen LogP contribution in [0.25, 0.3) is 0 Å². The third kappa shape index (κ3) is 10.8. The first kappa shape index (κ1) is 33.7. The Bertz CT molecular complexity index is 1170. The molecule has 0 radical (unpaired) electrons. The molecule has 3 N–H and O–H groups in total. The normalized spacial score (nSPS) is 13.1. The highest BCUT2D eigenvalue weighted by Gasteiger charge is 2.40. The topological polar surface area (TPSA) is 104 Å². The summed E-state index contributed by atoms with van der Waals surface area (Å²) in [5.74, 6) is -0.447. The highest BCUT2D eigenvalue weighted by molar-refractivity contribution is 6.09. The fourth-order valence-corrected chi connectivity index (χ4v) is 4.75. The average Bonchev–Trinajstić information content (AvgIpc) is 2.94. The van der Waals surface area contributed by atoms with Crippen LogP contribution >= 0.6 is 0 Å². The van der Waals surface area contributed by atoms with E-state index >= 15 is 0 Å². The highest BCUT2D eigenvalue weighted by Crippen LogP contribution is 2.37. The summed E-state index contributed by atoms with van der Waals surface area (Å²) in [5.41, 5.74) is 0.216. The van der Waals surface area contributed by atoms with Gasteiger partial charge < -0.3 is 20.4 Å². The van der Waals surface area contributed by atoms with Gasteiger partial charge in [-0.25, -0.2) is 0 Å². The summed E-state index contributed by atoms with van der Waals surface area (Å²) in [5, 5.41) is 8.90. The summed E-state index contributed by atoms with van der Waals surface area (Å²) < 4.78 is 0.849. The Morgan fingerprint density at radius 3 is 1.78 bits per heavy atom. The summed E-state index contributed by atoms with van der Waals surface area (Å²) in [4.78, 5) is 51.1. The van der Waals surface area contributed by atoms with Crippen molar-refractivity contribution in [1.82, 2.24) is 16.0 Å². The number of carbonyl (C=O) groups excluding carboxylic acids is 4. The maximum Gasteiger partial charge on any atom is 0.251 e. The summed E-state index contributed by atoms with van der Waals surface area (Å²) in [6, 6.07) is 15.6. The third-order valence-electron chi connectivity index (χ3n) is 7.44. The molecule has 0 heterocycles. The van der Waals surface area contributed by atoms with Crippen LogP contribution in [0.15, 0.2) is 54.6 Å². The number of hydrogen-bond donors (Lipinski definition) is 3. The Labute approximate surface area is 245 Å². The van der Waals surface area contributed by atoms with Gasteiger partial charge in [-0.05, 0) is 31.4 Å². The zero-order valence-electron chi connectivity index (χ0n) is 25.9. The molecule has 0 spiro atoms. The summed E-state index contributed by atoms with van der Waals surface area (Å²) in [6.45, 7) is 10.1. The van der Waals surface area contributed by atoms with E-state index in [0.29, 0.717) is 55.6 Å². The third-order valence-corrected chi connectivity index (χ3v) is 7.44. The molecule has 0 bridgehead atoms. The van der Waals surface area contributed by atoms with Gasteiger partial charge in [-0.1, -0.05) is 70.2 Å². The van der Waals surface area contributed by atoms with Crippen LogP contribution in [0, 0.1) is 10.8 Å². The van der Waals surface area contributed by atoms with Crippen molar-refractivity contribution < 1.29 is 23.7 Å². The molecule has 8 heteroatoms. The van der Waals surface area contributed by atoms with E-state index in [2.05, 4.69) is 37.1 Å². The minimum atomic E-state index is -0.689. The van der Waals surface area contributed by atoms with Gasteiger partial charge in [-0.2, -0.15) is 0 Å². The van der Waals surface area contributed by atoms with Crippen molar-refractivity contribution in [2.45, 2.75) is 53.4 Å². The molecule has 0 aromatic heterocycles. The lowest BCUT2D eigenvalue weighted by molar-refractivity contribution is -0.870. The van der Waals surface area contributed by atoms with Crippen molar-refractivity contribution in [3.05, 3.63) is 71.3 Å². The van der Waals surface area contributed by atoms with Crippen LogP contribution in [-0.2, 0) is 9.59 Å². The largest absolute Gasteiger partial charge is 0.356 e. The lowest BCUT2D eigenvalue weighted by Crippen LogP contribution is -2.46. The number of hydrogen-bond acceptors (Lipinski definition) is 4. The molecule has 0 saturated heterocycles. The Morgan fingerprint density at radius 1 is 0.683 bits per heavy atom. The van der Waals surface area contributed by atoms with E-state index < -0.39 is 10.8 Å². The second-order valence-electron chi connectivity index (χ2n) is 12.7. The predicted molar refractivity (Wildman–Crippen MR) is 164 cm³/mol. The molecule has 3 amide bonds. The van der Waals surface area contributed by atoms with Gasteiger partial charge in [-0.15, -0.1) is 0 Å². The molecule has 2 aromatic rings. The smallest absolute Gasteiger partial charge is 0.251 e. The SMILES string of the molecule is CCC(C)(CC(C)(C)C(=O)NCCC[N+](C)(C)C)C(=O)NCCCNC(=O)c1ccc(C(=O)c2ccccc2)cc1. The number of ketones is 1. The van der Waals surface area contributed by atoms with E-state index in [4.69, 9.17) is 0 Å². The Kier molecular flexibility index (Phi) is 12.3. The van der Waals surface area contributed by atoms with E-state index in [-0.39, 0.29) is 23.5 Å². The van der Waals surface area contributed by atoms with Crippen LogP contribution in [0.1, 0.15) is 79.7 Å². The lowest BCUT2D eigenvalue weighted by atomic mass is 9.71. The lowest BCUT2D eigenvalue weighted by Gasteiger charge is -2.35. The van der Waals surface area contributed by atoms with Crippen LogP contribution in [0.2, 0.25) is 0 Å². The van der Waals surface area contributed by atoms with Gasteiger partial charge in [0.05, 0.1) is 27.7 Å². The van der Waals surface area contributed by atoms with Crippen molar-refractivity contribution in [2.24, 2.45) is 10.8 Å². The number of benzene rings is 2. The van der Waals surface area contributed by atoms with Gasteiger partial charge in [0, 0.05) is 53.6 Å². The minimum Gasteiger partial charge on any atom is -0.356 e. The molecular weight excluding hydrogens is 516 g/mol. The fraction of sp³-hybridized carbons (Fsp3) is 0.515. The summed E-state index contributed by atoms with van der Waals surface area (Å²) in [6.07, 6.45) is 2.50. The molecular formula is C33H49N4O4+. The van der Waals surface area contributed by atoms with Crippen LogP contribution in [0.5, 0.6) is 0 Å². The fourth-order valence-electron chi connectivity index (χ4n) is 4.75. The molecule has 0 aliphatic rings. The van der Waals surface area contributed by atoms with Crippen LogP contribution < -0.4 is 16.0 Å². The molecule has 2 aromatic carbocycles. The van der Waals surface area contributed by atoms with Gasteiger partial charge in [-0.3, -0.25) is 19.2 Å². The van der Waals surface area contributed by atoms with Crippen molar-refractivity contribution in [2.75, 3.05) is 47.3 Å². The number of quaternary nitrogens is 1. The number of carbonyl (C=O) groups is 4. The van der Waals surface area contributed by atoms with Gasteiger partial charge >= 0.3 is 0 Å². The van der Waals surface area contributed by atoms with Gasteiger partial charge in [0.25, 0.3) is 5.91 Å². The Hall–Kier alpha value is -3.52. The maximum atomic E-state index is 13.1. The van der Waals surface area contributed by atoms with E-state index in [9.17, 15) is 19.2 Å². The second-order valence-corrected chi connectivity index (χ2v) is 12.7. The van der Waals surface area contributed by atoms with Crippen molar-refractivity contribution >= 4 is 23.5 Å². The van der Waals surface area contributed by atoms with Crippen LogP contribution in [-0.4, -0.2) is 75.3 Å². The van der Waals surface area contributed by atoms with E-state index in [1.165, 1.54) is 0 Å². The quantitative estimate of drug-likeness (QED) is 0.161. The molecule has 0 saturated carbocycles. The zero-order valence-corrected chi connectivity index (χ0v) is 25.9. The summed E-state index contributed by atoms with van der Waals surface area (Å²) >= 11 is 0. The van der Waals surface area contributed by atoms with Gasteiger partial charge in [0.15, 0.2) is 5.78 Å². The molecule has 0 aliphatic carbocycles. The maximum absolute atomic E-state index is 13.1. The number of nitrogens with zero attached hydrogens (tertiary/aromatic N) is 1. The highest BCUT2D eigenvalue weighted by atomic mass is 16.2.